The van der Waals surface area contributed by atoms with Gasteiger partial charge in [-0.3, -0.25) is 4.79 Å². The smallest absolute Gasteiger partial charge is 0.253 e. The number of hydrogen-bond donors (Lipinski definition) is 1. The molecule has 1 amide bonds. The maximum atomic E-state index is 14.3. The predicted molar refractivity (Wildman–Crippen MR) is 74.6 cm³/mol. The van der Waals surface area contributed by atoms with Crippen molar-refractivity contribution in [1.29, 1.82) is 0 Å². The second-order valence-electron chi connectivity index (χ2n) is 5.03. The van der Waals surface area contributed by atoms with E-state index in [1.54, 1.807) is 20.2 Å². The Balaban J connectivity index is 2.43. The Labute approximate surface area is 113 Å². The average Bonchev–Trinajstić information content (AvgIpc) is 2.38. The Kier molecular flexibility index (Phi) is 4.00. The molecule has 0 atom stereocenters. The number of benzene rings is 1. The third-order valence-corrected chi connectivity index (χ3v) is 3.33. The van der Waals surface area contributed by atoms with Crippen LogP contribution >= 0.6 is 0 Å². The van der Waals surface area contributed by atoms with Crippen LogP contribution in [0.2, 0.25) is 0 Å². The summed E-state index contributed by atoms with van der Waals surface area (Å²) in [4.78, 5) is 13.3. The molecule has 0 bridgehead atoms. The van der Waals surface area contributed by atoms with Crippen LogP contribution in [0.1, 0.15) is 27.9 Å². The summed E-state index contributed by atoms with van der Waals surface area (Å²) in [5.41, 5.74) is 2.89. The number of rotatable bonds is 2. The topological polar surface area (TPSA) is 32.3 Å². The van der Waals surface area contributed by atoms with Crippen molar-refractivity contribution >= 4 is 11.5 Å². The summed E-state index contributed by atoms with van der Waals surface area (Å²) in [6.07, 6.45) is 2.83. The number of aryl methyl sites for hydroxylation is 1. The van der Waals surface area contributed by atoms with E-state index >= 15 is 0 Å². The van der Waals surface area contributed by atoms with Gasteiger partial charge in [0.15, 0.2) is 0 Å². The number of halogens is 1. The van der Waals surface area contributed by atoms with Crippen LogP contribution < -0.4 is 5.32 Å². The van der Waals surface area contributed by atoms with Gasteiger partial charge in [-0.05, 0) is 43.2 Å². The number of hydrogen-bond acceptors (Lipinski definition) is 2. The molecule has 0 fully saturated rings. The van der Waals surface area contributed by atoms with Gasteiger partial charge in [0.05, 0.1) is 0 Å². The Morgan fingerprint density at radius 2 is 2.11 bits per heavy atom. The monoisotopic (exact) mass is 262 g/mol. The molecule has 3 nitrogen and oxygen atoms in total. The third-order valence-electron chi connectivity index (χ3n) is 3.33. The molecule has 0 radical (unpaired) electrons. The fraction of sp³-hybridized carbons (Fsp3) is 0.400. The van der Waals surface area contributed by atoms with E-state index in [1.165, 1.54) is 11.0 Å². The van der Waals surface area contributed by atoms with Crippen molar-refractivity contribution in [3.63, 3.8) is 0 Å². The van der Waals surface area contributed by atoms with Crippen molar-refractivity contribution in [3.05, 3.63) is 40.7 Å². The number of carbonyl (C=O) groups excluding carboxylic acids is 1. The first-order valence-electron chi connectivity index (χ1n) is 6.42. The van der Waals surface area contributed by atoms with Gasteiger partial charge < -0.3 is 10.2 Å². The summed E-state index contributed by atoms with van der Waals surface area (Å²) in [6.45, 7) is 3.49. The van der Waals surface area contributed by atoms with Crippen molar-refractivity contribution in [2.75, 3.05) is 27.2 Å². The molecule has 0 aromatic heterocycles. The SMILES string of the molecule is Cc1cc(C(=O)N(C)C)cc(F)c1C1=CCNCC1. The zero-order chi connectivity index (χ0) is 14.0. The molecule has 1 N–H and O–H groups in total. The number of nitrogens with one attached hydrogen (secondary N) is 1. The van der Waals surface area contributed by atoms with Crippen molar-refractivity contribution in [2.24, 2.45) is 0 Å². The van der Waals surface area contributed by atoms with E-state index in [4.69, 9.17) is 0 Å². The van der Waals surface area contributed by atoms with Gasteiger partial charge in [0.2, 0.25) is 0 Å². The lowest BCUT2D eigenvalue weighted by atomic mass is 9.93. The fourth-order valence-electron chi connectivity index (χ4n) is 2.38. The van der Waals surface area contributed by atoms with Crippen molar-refractivity contribution in [2.45, 2.75) is 13.3 Å². The number of amides is 1. The Morgan fingerprint density at radius 1 is 1.37 bits per heavy atom. The van der Waals surface area contributed by atoms with Gasteiger partial charge in [-0.1, -0.05) is 6.08 Å². The molecule has 102 valence electrons. The largest absolute Gasteiger partial charge is 0.345 e. The van der Waals surface area contributed by atoms with Gasteiger partial charge in [0.1, 0.15) is 5.82 Å². The highest BCUT2D eigenvalue weighted by Gasteiger charge is 2.17. The van der Waals surface area contributed by atoms with E-state index in [-0.39, 0.29) is 11.7 Å². The summed E-state index contributed by atoms with van der Waals surface area (Å²) in [7, 11) is 3.33. The van der Waals surface area contributed by atoms with Gasteiger partial charge in [0.25, 0.3) is 5.91 Å². The molecule has 1 aliphatic rings. The van der Waals surface area contributed by atoms with Crippen LogP contribution in [-0.2, 0) is 0 Å². The second kappa shape index (κ2) is 5.53. The lowest BCUT2D eigenvalue weighted by molar-refractivity contribution is 0.0827. The van der Waals surface area contributed by atoms with E-state index in [2.05, 4.69) is 5.32 Å². The molecule has 0 spiro atoms. The third kappa shape index (κ3) is 2.84. The summed E-state index contributed by atoms with van der Waals surface area (Å²) < 4.78 is 14.3. The van der Waals surface area contributed by atoms with Crippen LogP contribution in [-0.4, -0.2) is 38.0 Å². The molecule has 1 aliphatic heterocycles. The molecule has 0 unspecified atom stereocenters. The van der Waals surface area contributed by atoms with Gasteiger partial charge in [-0.2, -0.15) is 0 Å². The average molecular weight is 262 g/mol. The standard InChI is InChI=1S/C15H19FN2O/c1-10-8-12(15(19)18(2)3)9-13(16)14(10)11-4-6-17-7-5-11/h4,8-9,17H,5-7H2,1-3H3. The summed E-state index contributed by atoms with van der Waals surface area (Å²) in [5, 5.41) is 3.21. The van der Waals surface area contributed by atoms with Crippen LogP contribution in [0.4, 0.5) is 4.39 Å². The first-order chi connectivity index (χ1) is 9.00. The molecule has 0 saturated carbocycles. The molecular formula is C15H19FN2O. The van der Waals surface area contributed by atoms with Crippen LogP contribution in [0.3, 0.4) is 0 Å². The normalized spacial score (nSPS) is 15.1. The van der Waals surface area contributed by atoms with E-state index in [0.29, 0.717) is 11.1 Å². The van der Waals surface area contributed by atoms with E-state index < -0.39 is 0 Å². The summed E-state index contributed by atoms with van der Waals surface area (Å²) in [6, 6.07) is 3.11. The fourth-order valence-corrected chi connectivity index (χ4v) is 2.38. The summed E-state index contributed by atoms with van der Waals surface area (Å²) >= 11 is 0. The summed E-state index contributed by atoms with van der Waals surface area (Å²) in [5.74, 6) is -0.480. The van der Waals surface area contributed by atoms with Gasteiger partial charge in [-0.25, -0.2) is 4.39 Å². The molecule has 1 aromatic rings. The lowest BCUT2D eigenvalue weighted by Crippen LogP contribution is -2.23. The lowest BCUT2D eigenvalue weighted by Gasteiger charge is -2.18. The zero-order valence-electron chi connectivity index (χ0n) is 11.6. The van der Waals surface area contributed by atoms with Gasteiger partial charge >= 0.3 is 0 Å². The van der Waals surface area contributed by atoms with Crippen molar-refractivity contribution in [1.82, 2.24) is 10.2 Å². The number of carbonyl (C=O) groups is 1. The molecule has 0 saturated heterocycles. The maximum absolute atomic E-state index is 14.3. The molecular weight excluding hydrogens is 243 g/mol. The Hall–Kier alpha value is -1.68. The minimum absolute atomic E-state index is 0.173. The molecule has 2 rings (SSSR count). The van der Waals surface area contributed by atoms with E-state index in [1.807, 2.05) is 13.0 Å². The van der Waals surface area contributed by atoms with Gasteiger partial charge in [0, 0.05) is 31.8 Å². The minimum atomic E-state index is -0.307. The van der Waals surface area contributed by atoms with E-state index in [9.17, 15) is 9.18 Å². The van der Waals surface area contributed by atoms with Crippen molar-refractivity contribution < 1.29 is 9.18 Å². The zero-order valence-corrected chi connectivity index (χ0v) is 11.6. The second-order valence-corrected chi connectivity index (χ2v) is 5.03. The van der Waals surface area contributed by atoms with Crippen LogP contribution in [0.25, 0.3) is 5.57 Å². The Morgan fingerprint density at radius 3 is 2.63 bits per heavy atom. The van der Waals surface area contributed by atoms with Crippen LogP contribution in [0, 0.1) is 12.7 Å². The molecule has 1 aromatic carbocycles. The highest BCUT2D eigenvalue weighted by Crippen LogP contribution is 2.27. The first kappa shape index (κ1) is 13.7. The maximum Gasteiger partial charge on any atom is 0.253 e. The van der Waals surface area contributed by atoms with E-state index in [0.717, 1.165) is 30.6 Å². The van der Waals surface area contributed by atoms with Gasteiger partial charge in [-0.15, -0.1) is 0 Å². The highest BCUT2D eigenvalue weighted by atomic mass is 19.1. The quantitative estimate of drug-likeness (QED) is 0.886. The Bertz CT molecular complexity index is 512. The molecule has 0 aliphatic carbocycles. The highest BCUT2D eigenvalue weighted by molar-refractivity contribution is 5.94. The molecule has 19 heavy (non-hydrogen) atoms. The van der Waals surface area contributed by atoms with Crippen molar-refractivity contribution in [3.8, 4) is 0 Å². The number of nitrogens with zero attached hydrogens (tertiary/aromatic N) is 1. The predicted octanol–water partition coefficient (Wildman–Crippen LogP) is 2.21. The molecule has 4 heteroatoms. The van der Waals surface area contributed by atoms with Crippen LogP contribution in [0.15, 0.2) is 18.2 Å². The molecule has 1 heterocycles. The van der Waals surface area contributed by atoms with Crippen LogP contribution in [0.5, 0.6) is 0 Å². The minimum Gasteiger partial charge on any atom is -0.345 e. The first-order valence-corrected chi connectivity index (χ1v) is 6.42.